The third-order valence-corrected chi connectivity index (χ3v) is 7.28. The maximum absolute atomic E-state index is 13.6. The number of halogens is 1. The van der Waals surface area contributed by atoms with Crippen molar-refractivity contribution in [1.29, 1.82) is 0 Å². The van der Waals surface area contributed by atoms with Crippen LogP contribution in [-0.2, 0) is 9.53 Å². The number of hydrogen-bond donors (Lipinski definition) is 0. The summed E-state index contributed by atoms with van der Waals surface area (Å²) in [6, 6.07) is 12.6. The fourth-order valence-electron chi connectivity index (χ4n) is 3.74. The molecule has 0 radical (unpaired) electrons. The summed E-state index contributed by atoms with van der Waals surface area (Å²) in [5, 5.41) is 0. The number of hydrogen-bond acceptors (Lipinski definition) is 6. The van der Waals surface area contributed by atoms with Crippen LogP contribution in [0.15, 0.2) is 68.0 Å². The fourth-order valence-corrected chi connectivity index (χ4v) is 5.19. The van der Waals surface area contributed by atoms with E-state index >= 15 is 0 Å². The lowest BCUT2D eigenvalue weighted by Crippen LogP contribution is -2.39. The van der Waals surface area contributed by atoms with E-state index in [2.05, 4.69) is 20.9 Å². The summed E-state index contributed by atoms with van der Waals surface area (Å²) in [4.78, 5) is 31.6. The number of thiazole rings is 1. The molecule has 8 heteroatoms. The van der Waals surface area contributed by atoms with E-state index in [-0.39, 0.29) is 12.2 Å². The van der Waals surface area contributed by atoms with Crippen LogP contribution in [0, 0.1) is 6.92 Å². The maximum atomic E-state index is 13.6. The number of esters is 1. The zero-order valence-corrected chi connectivity index (χ0v) is 21.1. The van der Waals surface area contributed by atoms with Crippen molar-refractivity contribution < 1.29 is 14.3 Å². The topological polar surface area (TPSA) is 69.9 Å². The molecule has 33 heavy (non-hydrogen) atoms. The number of carbonyl (C=O) groups excluding carboxylic acids is 1. The van der Waals surface area contributed by atoms with Gasteiger partial charge in [-0.25, -0.2) is 9.79 Å². The van der Waals surface area contributed by atoms with Gasteiger partial charge in [0, 0.05) is 4.47 Å². The van der Waals surface area contributed by atoms with E-state index in [9.17, 15) is 9.59 Å². The standard InChI is InChI=1S/C25H23BrN2O4S/c1-5-32-24(30)21-15(3)27-25-28(22(21)17-8-10-18(31-4)11-9-17)23(29)20(33-25)13-16-7-6-14(2)19(26)12-16/h6-13,22H,5H2,1-4H3/b20-13-/t22-/m1/s1. The Bertz CT molecular complexity index is 1430. The molecule has 0 unspecified atom stereocenters. The number of allylic oxidation sites excluding steroid dienone is 1. The number of rotatable bonds is 5. The monoisotopic (exact) mass is 526 g/mol. The van der Waals surface area contributed by atoms with Gasteiger partial charge in [0.1, 0.15) is 5.75 Å². The van der Waals surface area contributed by atoms with Crippen molar-refractivity contribution in [2.75, 3.05) is 13.7 Å². The second kappa shape index (κ2) is 9.49. The number of nitrogens with zero attached hydrogens (tertiary/aromatic N) is 2. The van der Waals surface area contributed by atoms with Crippen molar-refractivity contribution in [3.63, 3.8) is 0 Å². The predicted octanol–water partition coefficient (Wildman–Crippen LogP) is 3.88. The van der Waals surface area contributed by atoms with Gasteiger partial charge in [0.15, 0.2) is 4.80 Å². The van der Waals surface area contributed by atoms with Crippen LogP contribution in [0.1, 0.15) is 36.6 Å². The Morgan fingerprint density at radius 2 is 1.94 bits per heavy atom. The average Bonchev–Trinajstić information content (AvgIpc) is 3.10. The average molecular weight is 527 g/mol. The third-order valence-electron chi connectivity index (χ3n) is 5.44. The molecule has 170 valence electrons. The highest BCUT2D eigenvalue weighted by molar-refractivity contribution is 9.10. The Labute approximate surface area is 203 Å². The second-order valence-corrected chi connectivity index (χ2v) is 9.45. The lowest BCUT2D eigenvalue weighted by Gasteiger charge is -2.24. The molecule has 4 rings (SSSR count). The molecule has 0 fully saturated rings. The molecule has 0 saturated heterocycles. The van der Waals surface area contributed by atoms with Gasteiger partial charge >= 0.3 is 5.97 Å². The zero-order valence-electron chi connectivity index (χ0n) is 18.7. The number of methoxy groups -OCH3 is 1. The van der Waals surface area contributed by atoms with Gasteiger partial charge in [0.2, 0.25) is 0 Å². The van der Waals surface area contributed by atoms with Crippen molar-refractivity contribution in [2.45, 2.75) is 26.8 Å². The molecular formula is C25H23BrN2O4S. The molecule has 0 bridgehead atoms. The number of benzene rings is 2. The molecule has 2 aromatic carbocycles. The Balaban J connectivity index is 1.94. The first-order valence-electron chi connectivity index (χ1n) is 10.4. The first-order valence-corrected chi connectivity index (χ1v) is 12.0. The highest BCUT2D eigenvalue weighted by atomic mass is 79.9. The van der Waals surface area contributed by atoms with Gasteiger partial charge in [-0.05, 0) is 61.7 Å². The van der Waals surface area contributed by atoms with E-state index in [1.165, 1.54) is 11.3 Å². The van der Waals surface area contributed by atoms with Crippen LogP contribution in [0.2, 0.25) is 0 Å². The molecule has 0 aliphatic carbocycles. The molecule has 1 aliphatic rings. The fraction of sp³-hybridized carbons (Fsp3) is 0.240. The number of aryl methyl sites for hydroxylation is 1. The molecule has 2 heterocycles. The molecule has 0 saturated carbocycles. The Morgan fingerprint density at radius 1 is 1.21 bits per heavy atom. The number of aromatic nitrogens is 1. The van der Waals surface area contributed by atoms with Crippen LogP contribution in [-0.4, -0.2) is 24.3 Å². The summed E-state index contributed by atoms with van der Waals surface area (Å²) < 4.78 is 13.7. The number of fused-ring (bicyclic) bond motifs is 1. The van der Waals surface area contributed by atoms with Gasteiger partial charge in [0.05, 0.1) is 35.6 Å². The van der Waals surface area contributed by atoms with Crippen molar-refractivity contribution >= 4 is 39.3 Å². The highest BCUT2D eigenvalue weighted by Gasteiger charge is 2.33. The lowest BCUT2D eigenvalue weighted by atomic mass is 9.96. The minimum atomic E-state index is -0.641. The van der Waals surface area contributed by atoms with Crippen molar-refractivity contribution in [3.8, 4) is 5.75 Å². The van der Waals surface area contributed by atoms with Gasteiger partial charge < -0.3 is 9.47 Å². The largest absolute Gasteiger partial charge is 0.497 e. The normalized spacial score (nSPS) is 15.8. The van der Waals surface area contributed by atoms with Crippen molar-refractivity contribution in [2.24, 2.45) is 4.99 Å². The minimum absolute atomic E-state index is 0.203. The van der Waals surface area contributed by atoms with Gasteiger partial charge in [-0.3, -0.25) is 9.36 Å². The molecule has 0 spiro atoms. The van der Waals surface area contributed by atoms with Crippen molar-refractivity contribution in [3.05, 3.63) is 94.6 Å². The van der Waals surface area contributed by atoms with E-state index < -0.39 is 12.0 Å². The molecule has 3 aromatic rings. The van der Waals surface area contributed by atoms with Crippen LogP contribution >= 0.6 is 27.3 Å². The Morgan fingerprint density at radius 3 is 2.58 bits per heavy atom. The first-order chi connectivity index (χ1) is 15.8. The number of ether oxygens (including phenoxy) is 2. The summed E-state index contributed by atoms with van der Waals surface area (Å²) in [5.74, 6) is 0.214. The summed E-state index contributed by atoms with van der Waals surface area (Å²) in [6.07, 6.45) is 1.85. The predicted molar refractivity (Wildman–Crippen MR) is 132 cm³/mol. The summed E-state index contributed by atoms with van der Waals surface area (Å²) in [5.41, 5.74) is 3.49. The van der Waals surface area contributed by atoms with Crippen molar-refractivity contribution in [1.82, 2.24) is 4.57 Å². The molecule has 1 atom stereocenters. The first kappa shape index (κ1) is 23.2. The summed E-state index contributed by atoms with van der Waals surface area (Å²) in [7, 11) is 1.59. The van der Waals surface area contributed by atoms with Crippen LogP contribution in [0.3, 0.4) is 0 Å². The highest BCUT2D eigenvalue weighted by Crippen LogP contribution is 2.31. The Hall–Kier alpha value is -2.97. The zero-order chi connectivity index (χ0) is 23.7. The number of carbonyl (C=O) groups is 1. The maximum Gasteiger partial charge on any atom is 0.338 e. The molecule has 0 N–H and O–H groups in total. The van der Waals surface area contributed by atoms with E-state index in [0.717, 1.165) is 21.2 Å². The summed E-state index contributed by atoms with van der Waals surface area (Å²) >= 11 is 4.85. The van der Waals surface area contributed by atoms with Gasteiger partial charge in [-0.2, -0.15) is 0 Å². The second-order valence-electron chi connectivity index (χ2n) is 7.58. The minimum Gasteiger partial charge on any atom is -0.497 e. The van der Waals surface area contributed by atoms with Gasteiger partial charge in [-0.15, -0.1) is 0 Å². The quantitative estimate of drug-likeness (QED) is 0.473. The molecule has 0 amide bonds. The van der Waals surface area contributed by atoms with Crippen LogP contribution in [0.5, 0.6) is 5.75 Å². The smallest absolute Gasteiger partial charge is 0.338 e. The SMILES string of the molecule is CCOC(=O)C1=C(C)N=c2s/c(=C\c3ccc(C)c(Br)c3)c(=O)n2[C@@H]1c1ccc(OC)cc1. The molecule has 1 aliphatic heterocycles. The Kier molecular flexibility index (Phi) is 6.67. The van der Waals surface area contributed by atoms with Crippen LogP contribution in [0.4, 0.5) is 0 Å². The van der Waals surface area contributed by atoms with Gasteiger partial charge in [-0.1, -0.05) is 51.5 Å². The van der Waals surface area contributed by atoms with E-state index in [1.807, 2.05) is 55.5 Å². The van der Waals surface area contributed by atoms with E-state index in [1.54, 1.807) is 25.5 Å². The van der Waals surface area contributed by atoms with Crippen LogP contribution in [0.25, 0.3) is 6.08 Å². The van der Waals surface area contributed by atoms with Crippen LogP contribution < -0.4 is 19.6 Å². The lowest BCUT2D eigenvalue weighted by molar-refractivity contribution is -0.139. The third kappa shape index (κ3) is 4.45. The van der Waals surface area contributed by atoms with E-state index in [4.69, 9.17) is 9.47 Å². The van der Waals surface area contributed by atoms with E-state index in [0.29, 0.717) is 26.4 Å². The molecular weight excluding hydrogens is 504 g/mol. The van der Waals surface area contributed by atoms with Gasteiger partial charge in [0.25, 0.3) is 5.56 Å². The summed E-state index contributed by atoms with van der Waals surface area (Å²) in [6.45, 7) is 5.77. The molecule has 1 aromatic heterocycles. The molecule has 6 nitrogen and oxygen atoms in total.